The standard InChI is InChI=1S/C22H15N9/c23-9-12-4-6-13(7-5-12)14-2-1-3-15(8-14)19-17-18(26)16(10-24)20(27)30-21(17)31-22(29-19)28-11-25/h1-8,19H,(H6,26,27,28,29,30,31). The van der Waals surface area contributed by atoms with Crippen molar-refractivity contribution >= 4 is 23.3 Å². The second kappa shape index (κ2) is 7.75. The summed E-state index contributed by atoms with van der Waals surface area (Å²) in [6.45, 7) is 0. The molecule has 31 heavy (non-hydrogen) atoms. The van der Waals surface area contributed by atoms with Gasteiger partial charge in [-0.1, -0.05) is 30.3 Å². The third-order valence-corrected chi connectivity index (χ3v) is 4.91. The summed E-state index contributed by atoms with van der Waals surface area (Å²) in [7, 11) is 0. The Morgan fingerprint density at radius 2 is 1.74 bits per heavy atom. The molecule has 1 aliphatic rings. The molecule has 0 bridgehead atoms. The van der Waals surface area contributed by atoms with Gasteiger partial charge >= 0.3 is 0 Å². The molecule has 3 aromatic rings. The predicted molar refractivity (Wildman–Crippen MR) is 116 cm³/mol. The Bertz CT molecular complexity index is 1340. The molecule has 0 saturated carbocycles. The zero-order valence-electron chi connectivity index (χ0n) is 16.1. The van der Waals surface area contributed by atoms with Crippen molar-refractivity contribution in [1.29, 1.82) is 15.8 Å². The normalized spacial score (nSPS) is 14.1. The summed E-state index contributed by atoms with van der Waals surface area (Å²) in [6.07, 6.45) is 1.83. The Morgan fingerprint density at radius 1 is 0.968 bits per heavy atom. The molecule has 1 unspecified atom stereocenters. The topological polar surface area (TPSA) is 173 Å². The largest absolute Gasteiger partial charge is 0.397 e. The molecule has 2 aromatic carbocycles. The zero-order valence-corrected chi connectivity index (χ0v) is 16.1. The lowest BCUT2D eigenvalue weighted by atomic mass is 9.92. The number of anilines is 3. The minimum atomic E-state index is -0.620. The van der Waals surface area contributed by atoms with E-state index in [1.54, 1.807) is 12.1 Å². The van der Waals surface area contributed by atoms with Gasteiger partial charge in [0.25, 0.3) is 0 Å². The fraction of sp³-hybridized carbons (Fsp3) is 0.0455. The van der Waals surface area contributed by atoms with Crippen molar-refractivity contribution < 1.29 is 0 Å². The quantitative estimate of drug-likeness (QED) is 0.372. The van der Waals surface area contributed by atoms with Gasteiger partial charge in [0.15, 0.2) is 6.19 Å². The molecule has 0 saturated heterocycles. The molecule has 0 amide bonds. The van der Waals surface area contributed by atoms with Gasteiger partial charge in [-0.05, 0) is 34.9 Å². The van der Waals surface area contributed by atoms with E-state index in [9.17, 15) is 5.26 Å². The van der Waals surface area contributed by atoms with E-state index in [1.807, 2.05) is 48.7 Å². The number of hydrogen-bond donors (Lipinski definition) is 4. The molecule has 6 N–H and O–H groups in total. The van der Waals surface area contributed by atoms with Crippen LogP contribution in [-0.4, -0.2) is 10.9 Å². The molecule has 4 rings (SSSR count). The van der Waals surface area contributed by atoms with Crippen LogP contribution in [0.1, 0.15) is 28.3 Å². The van der Waals surface area contributed by atoms with Crippen LogP contribution in [0.25, 0.3) is 11.1 Å². The first-order valence-corrected chi connectivity index (χ1v) is 9.15. The van der Waals surface area contributed by atoms with Crippen molar-refractivity contribution in [1.82, 2.24) is 10.3 Å². The summed E-state index contributed by atoms with van der Waals surface area (Å²) in [4.78, 5) is 8.83. The number of nitrogen functional groups attached to an aromatic ring is 2. The number of aliphatic imine (C=N–C) groups is 1. The van der Waals surface area contributed by atoms with Crippen LogP contribution in [0.2, 0.25) is 0 Å². The number of nitriles is 3. The summed E-state index contributed by atoms with van der Waals surface area (Å²) in [5.41, 5.74) is 16.1. The molecule has 0 fully saturated rings. The molecule has 148 valence electrons. The van der Waals surface area contributed by atoms with Gasteiger partial charge in [0.2, 0.25) is 5.96 Å². The number of guanidine groups is 1. The molecule has 2 heterocycles. The summed E-state index contributed by atoms with van der Waals surface area (Å²) in [5.74, 6) is 0.518. The van der Waals surface area contributed by atoms with Gasteiger partial charge in [-0.2, -0.15) is 15.8 Å². The van der Waals surface area contributed by atoms with Crippen molar-refractivity contribution in [3.8, 4) is 29.5 Å². The molecule has 9 heteroatoms. The number of benzene rings is 2. The van der Waals surface area contributed by atoms with Crippen molar-refractivity contribution in [2.75, 3.05) is 16.8 Å². The van der Waals surface area contributed by atoms with E-state index in [-0.39, 0.29) is 23.0 Å². The number of nitrogens with zero attached hydrogens (tertiary/aromatic N) is 5. The van der Waals surface area contributed by atoms with E-state index in [0.29, 0.717) is 16.9 Å². The van der Waals surface area contributed by atoms with Crippen molar-refractivity contribution in [3.63, 3.8) is 0 Å². The lowest BCUT2D eigenvalue weighted by Crippen LogP contribution is -2.32. The first kappa shape index (κ1) is 19.3. The highest BCUT2D eigenvalue weighted by Gasteiger charge is 2.29. The number of rotatable bonds is 2. The Morgan fingerprint density at radius 3 is 2.42 bits per heavy atom. The summed E-state index contributed by atoms with van der Waals surface area (Å²) in [6, 6.07) is 18.3. The molecule has 1 atom stereocenters. The van der Waals surface area contributed by atoms with Crippen LogP contribution < -0.4 is 22.1 Å². The highest BCUT2D eigenvalue weighted by Crippen LogP contribution is 2.41. The van der Waals surface area contributed by atoms with E-state index >= 15 is 0 Å². The van der Waals surface area contributed by atoms with Crippen molar-refractivity contribution in [2.24, 2.45) is 4.99 Å². The Hall–Kier alpha value is -5.07. The molecular weight excluding hydrogens is 390 g/mol. The van der Waals surface area contributed by atoms with Gasteiger partial charge in [-0.25, -0.2) is 9.98 Å². The smallest absolute Gasteiger partial charge is 0.211 e. The van der Waals surface area contributed by atoms with Crippen molar-refractivity contribution in [2.45, 2.75) is 6.04 Å². The van der Waals surface area contributed by atoms with E-state index in [1.165, 1.54) is 0 Å². The average Bonchev–Trinajstić information content (AvgIpc) is 2.79. The molecule has 0 radical (unpaired) electrons. The lowest BCUT2D eigenvalue weighted by molar-refractivity contribution is 0.847. The van der Waals surface area contributed by atoms with E-state index < -0.39 is 6.04 Å². The molecular formula is C22H15N9. The summed E-state index contributed by atoms with van der Waals surface area (Å²) in [5, 5.41) is 32.9. The summed E-state index contributed by atoms with van der Waals surface area (Å²) >= 11 is 0. The lowest BCUT2D eigenvalue weighted by Gasteiger charge is -2.26. The minimum Gasteiger partial charge on any atom is -0.397 e. The van der Waals surface area contributed by atoms with Gasteiger partial charge in [0.05, 0.1) is 17.3 Å². The summed E-state index contributed by atoms with van der Waals surface area (Å²) < 4.78 is 0. The maximum atomic E-state index is 9.44. The van der Waals surface area contributed by atoms with Crippen LogP contribution in [0.15, 0.2) is 53.5 Å². The van der Waals surface area contributed by atoms with Gasteiger partial charge in [-0.15, -0.1) is 0 Å². The average molecular weight is 405 g/mol. The van der Waals surface area contributed by atoms with E-state index in [4.69, 9.17) is 22.0 Å². The minimum absolute atomic E-state index is 0.00505. The van der Waals surface area contributed by atoms with E-state index in [2.05, 4.69) is 26.7 Å². The monoisotopic (exact) mass is 405 g/mol. The second-order valence-electron chi connectivity index (χ2n) is 6.72. The third-order valence-electron chi connectivity index (χ3n) is 4.91. The van der Waals surface area contributed by atoms with Crippen LogP contribution in [0.4, 0.5) is 17.3 Å². The zero-order chi connectivity index (χ0) is 22.0. The van der Waals surface area contributed by atoms with Crippen LogP contribution >= 0.6 is 0 Å². The van der Waals surface area contributed by atoms with Gasteiger partial charge in [0.1, 0.15) is 29.3 Å². The number of aromatic nitrogens is 1. The molecule has 1 aliphatic heterocycles. The SMILES string of the molecule is N#CNC1=NC(c2cccc(-c3ccc(C#N)cc3)c2)c2c(nc(N)c(C#N)c2N)N1. The van der Waals surface area contributed by atoms with Crippen LogP contribution in [0, 0.1) is 34.1 Å². The fourth-order valence-corrected chi connectivity index (χ4v) is 3.45. The van der Waals surface area contributed by atoms with Gasteiger partial charge in [-0.3, -0.25) is 5.32 Å². The highest BCUT2D eigenvalue weighted by atomic mass is 15.2. The first-order chi connectivity index (χ1) is 15.0. The maximum Gasteiger partial charge on any atom is 0.211 e. The number of nitrogens with one attached hydrogen (secondary N) is 2. The number of fused-ring (bicyclic) bond motifs is 1. The molecule has 0 aliphatic carbocycles. The van der Waals surface area contributed by atoms with Crippen LogP contribution in [0.5, 0.6) is 0 Å². The van der Waals surface area contributed by atoms with E-state index in [0.717, 1.165) is 16.7 Å². The Kier molecular flexibility index (Phi) is 4.81. The number of pyridine rings is 1. The van der Waals surface area contributed by atoms with Crippen LogP contribution in [-0.2, 0) is 0 Å². The van der Waals surface area contributed by atoms with Crippen molar-refractivity contribution in [3.05, 3.63) is 70.8 Å². The highest BCUT2D eigenvalue weighted by molar-refractivity contribution is 5.98. The first-order valence-electron chi connectivity index (χ1n) is 9.15. The fourth-order valence-electron chi connectivity index (χ4n) is 3.45. The Labute approximate surface area is 177 Å². The second-order valence-corrected chi connectivity index (χ2v) is 6.72. The van der Waals surface area contributed by atoms with Gasteiger partial charge < -0.3 is 16.8 Å². The molecule has 9 nitrogen and oxygen atoms in total. The predicted octanol–water partition coefficient (Wildman–Crippen LogP) is 2.60. The molecule has 0 spiro atoms. The molecule has 1 aromatic heterocycles. The number of hydrogen-bond acceptors (Lipinski definition) is 9. The van der Waals surface area contributed by atoms with Gasteiger partial charge in [0, 0.05) is 5.56 Å². The third kappa shape index (κ3) is 3.42. The maximum absolute atomic E-state index is 9.44. The Balaban J connectivity index is 1.87. The number of nitrogens with two attached hydrogens (primary N) is 2. The van der Waals surface area contributed by atoms with Crippen LogP contribution in [0.3, 0.4) is 0 Å².